The highest BCUT2D eigenvalue weighted by molar-refractivity contribution is 7.98. The Labute approximate surface area is 143 Å². The molecule has 0 spiro atoms. The SMILES string of the molecule is Cn1c(N)nnc1SCc1cccc(C(=O)NCc2ccco2)c1. The number of rotatable bonds is 6. The molecule has 3 N–H and O–H groups in total. The maximum Gasteiger partial charge on any atom is 0.251 e. The highest BCUT2D eigenvalue weighted by Gasteiger charge is 2.09. The standard InChI is InChI=1S/C16H17N5O2S/c1-21-15(17)19-20-16(21)24-10-11-4-2-5-12(8-11)14(22)18-9-13-6-3-7-23-13/h2-8H,9-10H2,1H3,(H2,17,19)(H,18,22). The van der Waals surface area contributed by atoms with E-state index in [0.717, 1.165) is 16.5 Å². The lowest BCUT2D eigenvalue weighted by Crippen LogP contribution is -2.22. The summed E-state index contributed by atoms with van der Waals surface area (Å²) < 4.78 is 6.93. The van der Waals surface area contributed by atoms with Crippen LogP contribution in [0.25, 0.3) is 0 Å². The van der Waals surface area contributed by atoms with E-state index in [4.69, 9.17) is 10.2 Å². The van der Waals surface area contributed by atoms with Gasteiger partial charge >= 0.3 is 0 Å². The van der Waals surface area contributed by atoms with Crippen LogP contribution in [-0.2, 0) is 19.3 Å². The van der Waals surface area contributed by atoms with Gasteiger partial charge in [0.2, 0.25) is 5.95 Å². The van der Waals surface area contributed by atoms with Gasteiger partial charge in [0.1, 0.15) is 5.76 Å². The summed E-state index contributed by atoms with van der Waals surface area (Å²) in [6.45, 7) is 0.364. The van der Waals surface area contributed by atoms with E-state index >= 15 is 0 Å². The predicted octanol–water partition coefficient (Wildman–Crippen LogP) is 2.21. The van der Waals surface area contributed by atoms with Gasteiger partial charge in [0.15, 0.2) is 5.16 Å². The predicted molar refractivity (Wildman–Crippen MR) is 91.3 cm³/mol. The number of carbonyl (C=O) groups excluding carboxylic acids is 1. The fourth-order valence-corrected chi connectivity index (χ4v) is 2.95. The quantitative estimate of drug-likeness (QED) is 0.666. The van der Waals surface area contributed by atoms with Crippen molar-refractivity contribution in [3.05, 3.63) is 59.5 Å². The van der Waals surface area contributed by atoms with E-state index in [1.165, 1.54) is 11.8 Å². The van der Waals surface area contributed by atoms with E-state index in [1.807, 2.05) is 31.3 Å². The van der Waals surface area contributed by atoms with Gasteiger partial charge in [0.05, 0.1) is 12.8 Å². The first-order valence-corrected chi connectivity index (χ1v) is 8.29. The zero-order chi connectivity index (χ0) is 16.9. The average molecular weight is 343 g/mol. The molecule has 0 fully saturated rings. The molecule has 0 atom stereocenters. The lowest BCUT2D eigenvalue weighted by molar-refractivity contribution is 0.0948. The Morgan fingerprint density at radius 2 is 2.21 bits per heavy atom. The van der Waals surface area contributed by atoms with Crippen LogP contribution in [0.15, 0.2) is 52.2 Å². The molecule has 0 aliphatic rings. The maximum atomic E-state index is 12.2. The van der Waals surface area contributed by atoms with Crippen LogP contribution in [0.3, 0.4) is 0 Å². The first-order valence-electron chi connectivity index (χ1n) is 7.30. The summed E-state index contributed by atoms with van der Waals surface area (Å²) in [6, 6.07) is 11.1. The summed E-state index contributed by atoms with van der Waals surface area (Å²) in [5.74, 6) is 1.63. The van der Waals surface area contributed by atoms with Crippen LogP contribution in [0.2, 0.25) is 0 Å². The third kappa shape index (κ3) is 3.77. The van der Waals surface area contributed by atoms with Gasteiger partial charge in [-0.1, -0.05) is 23.9 Å². The third-order valence-electron chi connectivity index (χ3n) is 3.43. The zero-order valence-electron chi connectivity index (χ0n) is 13.1. The van der Waals surface area contributed by atoms with Gasteiger partial charge in [-0.2, -0.15) is 0 Å². The molecule has 3 rings (SSSR count). The summed E-state index contributed by atoms with van der Waals surface area (Å²) in [5, 5.41) is 11.4. The Bertz CT molecular complexity index is 829. The van der Waals surface area contributed by atoms with Crippen LogP contribution in [0.5, 0.6) is 0 Å². The number of hydrogen-bond acceptors (Lipinski definition) is 6. The Morgan fingerprint density at radius 3 is 2.92 bits per heavy atom. The van der Waals surface area contributed by atoms with Crippen molar-refractivity contribution in [2.75, 3.05) is 5.73 Å². The number of nitrogens with one attached hydrogen (secondary N) is 1. The summed E-state index contributed by atoms with van der Waals surface area (Å²) in [6.07, 6.45) is 1.58. The van der Waals surface area contributed by atoms with Gasteiger partial charge in [-0.3, -0.25) is 9.36 Å². The molecule has 0 bridgehead atoms. The second kappa shape index (κ2) is 7.22. The minimum Gasteiger partial charge on any atom is -0.467 e. The highest BCUT2D eigenvalue weighted by Crippen LogP contribution is 2.22. The summed E-state index contributed by atoms with van der Waals surface area (Å²) in [5.41, 5.74) is 7.29. The number of furan rings is 1. The van der Waals surface area contributed by atoms with Crippen LogP contribution >= 0.6 is 11.8 Å². The number of thioether (sulfide) groups is 1. The van der Waals surface area contributed by atoms with E-state index in [2.05, 4.69) is 15.5 Å². The van der Waals surface area contributed by atoms with E-state index in [9.17, 15) is 4.79 Å². The molecular weight excluding hydrogens is 326 g/mol. The molecule has 0 aliphatic carbocycles. The number of aromatic nitrogens is 3. The van der Waals surface area contributed by atoms with Gasteiger partial charge in [0, 0.05) is 18.4 Å². The van der Waals surface area contributed by atoms with Crippen LogP contribution in [0, 0.1) is 0 Å². The molecule has 1 amide bonds. The number of anilines is 1. The molecule has 0 saturated carbocycles. The van der Waals surface area contributed by atoms with E-state index < -0.39 is 0 Å². The monoisotopic (exact) mass is 343 g/mol. The molecule has 0 aliphatic heterocycles. The number of nitrogens with zero attached hydrogens (tertiary/aromatic N) is 3. The van der Waals surface area contributed by atoms with Crippen molar-refractivity contribution < 1.29 is 9.21 Å². The van der Waals surface area contributed by atoms with Gasteiger partial charge in [0.25, 0.3) is 5.91 Å². The van der Waals surface area contributed by atoms with E-state index in [1.54, 1.807) is 23.0 Å². The maximum absolute atomic E-state index is 12.2. The second-order valence-electron chi connectivity index (χ2n) is 5.15. The molecule has 2 heterocycles. The largest absolute Gasteiger partial charge is 0.467 e. The van der Waals surface area contributed by atoms with Crippen molar-refractivity contribution in [3.8, 4) is 0 Å². The Balaban J connectivity index is 1.61. The average Bonchev–Trinajstić information content (AvgIpc) is 3.22. The highest BCUT2D eigenvalue weighted by atomic mass is 32.2. The fraction of sp³-hybridized carbons (Fsp3) is 0.188. The smallest absolute Gasteiger partial charge is 0.251 e. The van der Waals surface area contributed by atoms with Crippen LogP contribution in [0.4, 0.5) is 5.95 Å². The molecule has 8 heteroatoms. The Hall–Kier alpha value is -2.74. The zero-order valence-corrected chi connectivity index (χ0v) is 13.9. The lowest BCUT2D eigenvalue weighted by atomic mass is 10.1. The normalized spacial score (nSPS) is 10.7. The second-order valence-corrected chi connectivity index (χ2v) is 6.09. The van der Waals surface area contributed by atoms with Crippen molar-refractivity contribution >= 4 is 23.6 Å². The number of nitrogen functional groups attached to an aromatic ring is 1. The summed E-state index contributed by atoms with van der Waals surface area (Å²) >= 11 is 1.52. The molecule has 1 aromatic carbocycles. The number of amides is 1. The van der Waals surface area contributed by atoms with Crippen molar-refractivity contribution in [2.24, 2.45) is 7.05 Å². The van der Waals surface area contributed by atoms with Crippen molar-refractivity contribution in [1.29, 1.82) is 0 Å². The fourth-order valence-electron chi connectivity index (χ4n) is 2.08. The molecule has 7 nitrogen and oxygen atoms in total. The number of carbonyl (C=O) groups is 1. The van der Waals surface area contributed by atoms with Gasteiger partial charge in [-0.15, -0.1) is 10.2 Å². The van der Waals surface area contributed by atoms with Crippen molar-refractivity contribution in [1.82, 2.24) is 20.1 Å². The third-order valence-corrected chi connectivity index (χ3v) is 4.52. The first-order chi connectivity index (χ1) is 11.6. The molecule has 3 aromatic rings. The lowest BCUT2D eigenvalue weighted by Gasteiger charge is -2.06. The van der Waals surface area contributed by atoms with E-state index in [0.29, 0.717) is 23.8 Å². The van der Waals surface area contributed by atoms with E-state index in [-0.39, 0.29) is 5.91 Å². The molecule has 2 aromatic heterocycles. The van der Waals surface area contributed by atoms with Gasteiger partial charge in [-0.25, -0.2) is 0 Å². The van der Waals surface area contributed by atoms with Crippen molar-refractivity contribution in [2.45, 2.75) is 17.5 Å². The van der Waals surface area contributed by atoms with Crippen LogP contribution in [-0.4, -0.2) is 20.7 Å². The summed E-state index contributed by atoms with van der Waals surface area (Å²) in [4.78, 5) is 12.2. The molecule has 0 radical (unpaired) electrons. The minimum absolute atomic E-state index is 0.138. The van der Waals surface area contributed by atoms with Crippen molar-refractivity contribution in [3.63, 3.8) is 0 Å². The molecule has 0 saturated heterocycles. The molecule has 124 valence electrons. The summed E-state index contributed by atoms with van der Waals surface area (Å²) in [7, 11) is 1.82. The van der Waals surface area contributed by atoms with Gasteiger partial charge in [-0.05, 0) is 29.8 Å². The number of nitrogens with two attached hydrogens (primary N) is 1. The topological polar surface area (TPSA) is 99.0 Å². The van der Waals surface area contributed by atoms with Crippen LogP contribution < -0.4 is 11.1 Å². The number of benzene rings is 1. The van der Waals surface area contributed by atoms with Crippen LogP contribution in [0.1, 0.15) is 21.7 Å². The minimum atomic E-state index is -0.138. The molecule has 24 heavy (non-hydrogen) atoms. The molecular formula is C16H17N5O2S. The number of hydrogen-bond donors (Lipinski definition) is 2. The van der Waals surface area contributed by atoms with Gasteiger partial charge < -0.3 is 15.5 Å². The Morgan fingerprint density at radius 1 is 1.33 bits per heavy atom. The molecule has 0 unspecified atom stereocenters. The Kier molecular flexibility index (Phi) is 4.85. The first kappa shape index (κ1) is 16.1.